The summed E-state index contributed by atoms with van der Waals surface area (Å²) in [6.07, 6.45) is 4.76. The van der Waals surface area contributed by atoms with Crippen molar-refractivity contribution in [3.63, 3.8) is 0 Å². The molecule has 2 aromatic heterocycles. The first-order valence-corrected chi connectivity index (χ1v) is 10.7. The van der Waals surface area contributed by atoms with E-state index in [4.69, 9.17) is 4.74 Å². The number of fused-ring (bicyclic) bond motifs is 1. The molecule has 5 rings (SSSR count). The van der Waals surface area contributed by atoms with Crippen molar-refractivity contribution in [3.8, 4) is 22.9 Å². The zero-order valence-electron chi connectivity index (χ0n) is 18.0. The predicted molar refractivity (Wildman–Crippen MR) is 123 cm³/mol. The highest BCUT2D eigenvalue weighted by atomic mass is 16.5. The monoisotopic (exact) mass is 413 g/mol. The predicted octanol–water partition coefficient (Wildman–Crippen LogP) is 4.55. The molecule has 0 aliphatic carbocycles. The number of H-pyrrole nitrogens is 1. The highest BCUT2D eigenvalue weighted by Crippen LogP contribution is 2.27. The molecule has 0 saturated carbocycles. The van der Waals surface area contributed by atoms with Gasteiger partial charge in [0.1, 0.15) is 5.75 Å². The Hall–Kier alpha value is -3.22. The van der Waals surface area contributed by atoms with Crippen LogP contribution in [0, 0.1) is 0 Å². The third-order valence-corrected chi connectivity index (χ3v) is 6.07. The van der Waals surface area contributed by atoms with Gasteiger partial charge in [0.05, 0.1) is 5.69 Å². The van der Waals surface area contributed by atoms with Crippen molar-refractivity contribution >= 4 is 10.8 Å². The summed E-state index contributed by atoms with van der Waals surface area (Å²) in [4.78, 5) is 9.30. The number of nitrogens with one attached hydrogen (secondary N) is 1. The summed E-state index contributed by atoms with van der Waals surface area (Å²) in [7, 11) is 4.43. The Bertz CT molecular complexity index is 1160. The van der Waals surface area contributed by atoms with Gasteiger partial charge in [0.2, 0.25) is 5.88 Å². The average Bonchev–Trinajstić information content (AvgIpc) is 3.46. The van der Waals surface area contributed by atoms with E-state index in [-0.39, 0.29) is 0 Å². The first kappa shape index (κ1) is 19.7. The molecule has 31 heavy (non-hydrogen) atoms. The van der Waals surface area contributed by atoms with E-state index in [2.05, 4.69) is 69.4 Å². The molecular weight excluding hydrogens is 386 g/mol. The SMILES string of the molecule is CN1CCC(N(C)Cc2ccc3cc(Oc4ccc(-c5ccn[nH]5)cn4)ccc3c2)C1. The molecule has 1 aliphatic heterocycles. The molecule has 3 heterocycles. The standard InChI is InChI=1S/C25H27N5O/c1-29-12-10-22(17-29)30(2)16-18-3-4-20-14-23(7-5-19(20)13-18)31-25-8-6-21(15-26-25)24-9-11-27-28-24/h3-9,11,13-15,22H,10,12,16-17H2,1-2H3,(H,27,28). The van der Waals surface area contributed by atoms with Crippen molar-refractivity contribution in [1.82, 2.24) is 25.0 Å². The molecule has 2 aromatic carbocycles. The Morgan fingerprint density at radius 2 is 1.97 bits per heavy atom. The first-order chi connectivity index (χ1) is 15.1. The van der Waals surface area contributed by atoms with E-state index in [0.717, 1.165) is 30.1 Å². The number of aromatic nitrogens is 3. The van der Waals surface area contributed by atoms with Gasteiger partial charge >= 0.3 is 0 Å². The van der Waals surface area contributed by atoms with Crippen LogP contribution in [0.3, 0.4) is 0 Å². The van der Waals surface area contributed by atoms with E-state index in [1.807, 2.05) is 24.3 Å². The van der Waals surface area contributed by atoms with Gasteiger partial charge in [0.15, 0.2) is 0 Å². The number of rotatable bonds is 6. The molecule has 0 amide bonds. The summed E-state index contributed by atoms with van der Waals surface area (Å²) in [5, 5.41) is 9.31. The van der Waals surface area contributed by atoms with E-state index in [1.165, 1.54) is 29.3 Å². The van der Waals surface area contributed by atoms with Crippen LogP contribution in [0.4, 0.5) is 0 Å². The summed E-state index contributed by atoms with van der Waals surface area (Å²) in [6.45, 7) is 3.32. The Labute approximate surface area is 182 Å². The lowest BCUT2D eigenvalue weighted by atomic mass is 10.1. The maximum atomic E-state index is 5.98. The number of hydrogen-bond acceptors (Lipinski definition) is 5. The second kappa shape index (κ2) is 8.49. The lowest BCUT2D eigenvalue weighted by molar-refractivity contribution is 0.234. The van der Waals surface area contributed by atoms with Gasteiger partial charge < -0.3 is 9.64 Å². The second-order valence-corrected chi connectivity index (χ2v) is 8.42. The lowest BCUT2D eigenvalue weighted by Gasteiger charge is -2.24. The Kier molecular flexibility index (Phi) is 5.40. The smallest absolute Gasteiger partial charge is 0.219 e. The normalized spacial score (nSPS) is 16.9. The minimum Gasteiger partial charge on any atom is -0.439 e. The van der Waals surface area contributed by atoms with Crippen LogP contribution in [0.5, 0.6) is 11.6 Å². The van der Waals surface area contributed by atoms with Gasteiger partial charge in [-0.15, -0.1) is 0 Å². The average molecular weight is 414 g/mol. The third-order valence-electron chi connectivity index (χ3n) is 6.07. The van der Waals surface area contributed by atoms with E-state index in [0.29, 0.717) is 11.9 Å². The number of nitrogens with zero attached hydrogens (tertiary/aromatic N) is 4. The summed E-state index contributed by atoms with van der Waals surface area (Å²) in [5.41, 5.74) is 3.26. The molecule has 4 aromatic rings. The molecule has 1 atom stereocenters. The van der Waals surface area contributed by atoms with E-state index >= 15 is 0 Å². The number of benzene rings is 2. The van der Waals surface area contributed by atoms with E-state index in [9.17, 15) is 0 Å². The molecular formula is C25H27N5O. The summed E-state index contributed by atoms with van der Waals surface area (Å²) < 4.78 is 5.98. The van der Waals surface area contributed by atoms with Crippen LogP contribution in [0.1, 0.15) is 12.0 Å². The molecule has 1 saturated heterocycles. The van der Waals surface area contributed by atoms with Gasteiger partial charge in [0.25, 0.3) is 0 Å². The molecule has 0 bridgehead atoms. The molecule has 1 unspecified atom stereocenters. The minimum atomic E-state index is 0.572. The first-order valence-electron chi connectivity index (χ1n) is 10.7. The number of likely N-dealkylation sites (tertiary alicyclic amines) is 1. The van der Waals surface area contributed by atoms with Crippen LogP contribution in [-0.4, -0.2) is 58.2 Å². The Balaban J connectivity index is 1.27. The number of pyridine rings is 1. The van der Waals surface area contributed by atoms with Gasteiger partial charge in [0, 0.05) is 43.2 Å². The number of aromatic amines is 1. The minimum absolute atomic E-state index is 0.572. The lowest BCUT2D eigenvalue weighted by Crippen LogP contribution is -2.33. The second-order valence-electron chi connectivity index (χ2n) is 8.42. The zero-order chi connectivity index (χ0) is 21.2. The van der Waals surface area contributed by atoms with Crippen molar-refractivity contribution in [2.24, 2.45) is 0 Å². The molecule has 0 spiro atoms. The van der Waals surface area contributed by atoms with Crippen LogP contribution in [0.2, 0.25) is 0 Å². The fourth-order valence-electron chi connectivity index (χ4n) is 4.26. The van der Waals surface area contributed by atoms with Crippen molar-refractivity contribution < 1.29 is 4.74 Å². The number of ether oxygens (including phenoxy) is 1. The van der Waals surface area contributed by atoms with Crippen molar-refractivity contribution in [2.75, 3.05) is 27.2 Å². The van der Waals surface area contributed by atoms with Crippen LogP contribution < -0.4 is 4.74 Å². The van der Waals surface area contributed by atoms with Crippen molar-refractivity contribution in [1.29, 1.82) is 0 Å². The van der Waals surface area contributed by atoms with Gasteiger partial charge in [-0.2, -0.15) is 5.10 Å². The third kappa shape index (κ3) is 4.45. The molecule has 6 nitrogen and oxygen atoms in total. The van der Waals surface area contributed by atoms with E-state index < -0.39 is 0 Å². The Morgan fingerprint density at radius 3 is 2.71 bits per heavy atom. The highest BCUT2D eigenvalue weighted by molar-refractivity contribution is 5.84. The van der Waals surface area contributed by atoms with Gasteiger partial charge in [-0.1, -0.05) is 18.2 Å². The topological polar surface area (TPSA) is 57.3 Å². The maximum Gasteiger partial charge on any atom is 0.219 e. The fourth-order valence-corrected chi connectivity index (χ4v) is 4.26. The van der Waals surface area contributed by atoms with Gasteiger partial charge in [-0.3, -0.25) is 10.00 Å². The fraction of sp³-hybridized carbons (Fsp3) is 0.280. The van der Waals surface area contributed by atoms with Crippen LogP contribution in [0.25, 0.3) is 22.0 Å². The van der Waals surface area contributed by atoms with Crippen molar-refractivity contribution in [3.05, 3.63) is 72.6 Å². The van der Waals surface area contributed by atoms with Crippen LogP contribution >= 0.6 is 0 Å². The van der Waals surface area contributed by atoms with Crippen LogP contribution in [-0.2, 0) is 6.54 Å². The Morgan fingerprint density at radius 1 is 1.10 bits per heavy atom. The molecule has 6 heteroatoms. The quantitative estimate of drug-likeness (QED) is 0.502. The van der Waals surface area contributed by atoms with Crippen LogP contribution in [0.15, 0.2) is 67.0 Å². The molecule has 1 aliphatic rings. The van der Waals surface area contributed by atoms with E-state index in [1.54, 1.807) is 12.4 Å². The summed E-state index contributed by atoms with van der Waals surface area (Å²) in [5.74, 6) is 1.36. The molecule has 1 fully saturated rings. The molecule has 1 N–H and O–H groups in total. The summed E-state index contributed by atoms with van der Waals surface area (Å²) >= 11 is 0. The maximum absolute atomic E-state index is 5.98. The highest BCUT2D eigenvalue weighted by Gasteiger charge is 2.23. The van der Waals surface area contributed by atoms with Crippen molar-refractivity contribution in [2.45, 2.75) is 19.0 Å². The molecule has 0 radical (unpaired) electrons. The number of hydrogen-bond donors (Lipinski definition) is 1. The number of likely N-dealkylation sites (N-methyl/N-ethyl adjacent to an activating group) is 2. The van der Waals surface area contributed by atoms with Gasteiger partial charge in [-0.05, 0) is 73.7 Å². The molecule has 158 valence electrons. The summed E-state index contributed by atoms with van der Waals surface area (Å²) in [6, 6.07) is 19.3. The zero-order valence-corrected chi connectivity index (χ0v) is 18.0. The van der Waals surface area contributed by atoms with Gasteiger partial charge in [-0.25, -0.2) is 4.98 Å². The largest absolute Gasteiger partial charge is 0.439 e.